The van der Waals surface area contributed by atoms with Crippen molar-refractivity contribution in [2.24, 2.45) is 0 Å². The SMILES string of the molecule is CN(C(=O)C1(c2cccc(C(F)(F)F)c2)CC1)C1CCNCC1. The smallest absolute Gasteiger partial charge is 0.342 e. The molecule has 2 fully saturated rings. The highest BCUT2D eigenvalue weighted by atomic mass is 19.4. The largest absolute Gasteiger partial charge is 0.416 e. The van der Waals surface area contributed by atoms with Crippen molar-refractivity contribution >= 4 is 5.91 Å². The molecule has 6 heteroatoms. The summed E-state index contributed by atoms with van der Waals surface area (Å²) in [6.45, 7) is 1.75. The maximum absolute atomic E-state index is 12.9. The first-order valence-electron chi connectivity index (χ1n) is 8.00. The molecule has 23 heavy (non-hydrogen) atoms. The van der Waals surface area contributed by atoms with E-state index < -0.39 is 17.2 Å². The Labute approximate surface area is 133 Å². The number of piperidine rings is 1. The first-order valence-corrected chi connectivity index (χ1v) is 8.00. The van der Waals surface area contributed by atoms with Crippen LogP contribution in [0.5, 0.6) is 0 Å². The number of alkyl halides is 3. The van der Waals surface area contributed by atoms with E-state index in [1.165, 1.54) is 6.07 Å². The van der Waals surface area contributed by atoms with Crippen LogP contribution < -0.4 is 5.32 Å². The molecule has 1 aromatic carbocycles. The normalized spacial score (nSPS) is 21.0. The minimum Gasteiger partial charge on any atom is -0.342 e. The number of amides is 1. The fraction of sp³-hybridized carbons (Fsp3) is 0.588. The predicted octanol–water partition coefficient (Wildman–Crippen LogP) is 2.95. The van der Waals surface area contributed by atoms with Crippen LogP contribution in [0.2, 0.25) is 0 Å². The Morgan fingerprint density at radius 2 is 1.91 bits per heavy atom. The number of benzene rings is 1. The maximum atomic E-state index is 12.9. The number of nitrogens with one attached hydrogen (secondary N) is 1. The molecular weight excluding hydrogens is 305 g/mol. The Bertz CT molecular complexity index is 590. The third kappa shape index (κ3) is 3.09. The highest BCUT2D eigenvalue weighted by molar-refractivity contribution is 5.91. The lowest BCUT2D eigenvalue weighted by Crippen LogP contribution is -2.47. The number of rotatable bonds is 3. The van der Waals surface area contributed by atoms with Gasteiger partial charge in [0.15, 0.2) is 0 Å². The zero-order valence-electron chi connectivity index (χ0n) is 13.1. The summed E-state index contributed by atoms with van der Waals surface area (Å²) in [5, 5.41) is 3.26. The van der Waals surface area contributed by atoms with Gasteiger partial charge in [0.25, 0.3) is 0 Å². The molecule has 1 N–H and O–H groups in total. The number of nitrogens with zero attached hydrogens (tertiary/aromatic N) is 1. The third-order valence-corrected chi connectivity index (χ3v) is 5.08. The zero-order chi connectivity index (χ0) is 16.7. The van der Waals surface area contributed by atoms with Crippen LogP contribution in [-0.4, -0.2) is 37.0 Å². The van der Waals surface area contributed by atoms with Crippen LogP contribution in [0.4, 0.5) is 13.2 Å². The van der Waals surface area contributed by atoms with Crippen LogP contribution in [0.3, 0.4) is 0 Å². The van der Waals surface area contributed by atoms with Gasteiger partial charge in [0.1, 0.15) is 0 Å². The van der Waals surface area contributed by atoms with Crippen LogP contribution in [0.25, 0.3) is 0 Å². The molecular formula is C17H21F3N2O. The molecule has 1 amide bonds. The minimum atomic E-state index is -4.38. The molecule has 0 bridgehead atoms. The van der Waals surface area contributed by atoms with E-state index in [0.717, 1.165) is 38.1 Å². The average Bonchev–Trinajstić information content (AvgIpc) is 3.35. The third-order valence-electron chi connectivity index (χ3n) is 5.08. The second kappa shape index (κ2) is 5.82. The Balaban J connectivity index is 1.83. The van der Waals surface area contributed by atoms with E-state index in [1.54, 1.807) is 18.0 Å². The van der Waals surface area contributed by atoms with Crippen LogP contribution in [-0.2, 0) is 16.4 Å². The summed E-state index contributed by atoms with van der Waals surface area (Å²) < 4.78 is 38.8. The molecule has 0 spiro atoms. The maximum Gasteiger partial charge on any atom is 0.416 e. The number of hydrogen-bond acceptors (Lipinski definition) is 2. The molecule has 1 aromatic rings. The van der Waals surface area contributed by atoms with Crippen molar-refractivity contribution in [3.8, 4) is 0 Å². The summed E-state index contributed by atoms with van der Waals surface area (Å²) in [6, 6.07) is 5.42. The van der Waals surface area contributed by atoms with E-state index >= 15 is 0 Å². The van der Waals surface area contributed by atoms with E-state index in [9.17, 15) is 18.0 Å². The van der Waals surface area contributed by atoms with E-state index in [1.807, 2.05) is 0 Å². The summed E-state index contributed by atoms with van der Waals surface area (Å²) in [5.41, 5.74) is -0.933. The topological polar surface area (TPSA) is 32.3 Å². The molecule has 3 nitrogen and oxygen atoms in total. The fourth-order valence-corrected chi connectivity index (χ4v) is 3.44. The van der Waals surface area contributed by atoms with E-state index in [2.05, 4.69) is 5.32 Å². The molecule has 1 saturated heterocycles. The van der Waals surface area contributed by atoms with Gasteiger partial charge in [-0.1, -0.05) is 18.2 Å². The van der Waals surface area contributed by atoms with Gasteiger partial charge in [0.2, 0.25) is 5.91 Å². The summed E-state index contributed by atoms with van der Waals surface area (Å²) in [7, 11) is 1.78. The summed E-state index contributed by atoms with van der Waals surface area (Å²) >= 11 is 0. The Kier molecular flexibility index (Phi) is 4.12. The van der Waals surface area contributed by atoms with E-state index in [0.29, 0.717) is 18.4 Å². The van der Waals surface area contributed by atoms with Crippen molar-refractivity contribution in [2.75, 3.05) is 20.1 Å². The molecule has 0 aromatic heterocycles. The van der Waals surface area contributed by atoms with Gasteiger partial charge in [-0.2, -0.15) is 13.2 Å². The number of carbonyl (C=O) groups excluding carboxylic acids is 1. The Hall–Kier alpha value is -1.56. The first kappa shape index (κ1) is 16.3. The van der Waals surface area contributed by atoms with Gasteiger partial charge >= 0.3 is 6.18 Å². The lowest BCUT2D eigenvalue weighted by molar-refractivity contribution is -0.138. The van der Waals surface area contributed by atoms with Crippen molar-refractivity contribution in [3.05, 3.63) is 35.4 Å². The van der Waals surface area contributed by atoms with Crippen LogP contribution in [0.15, 0.2) is 24.3 Å². The lowest BCUT2D eigenvalue weighted by atomic mass is 9.91. The lowest BCUT2D eigenvalue weighted by Gasteiger charge is -2.34. The summed E-state index contributed by atoms with van der Waals surface area (Å²) in [5.74, 6) is -0.0382. The summed E-state index contributed by atoms with van der Waals surface area (Å²) in [4.78, 5) is 14.7. The van der Waals surface area contributed by atoms with Crippen molar-refractivity contribution in [3.63, 3.8) is 0 Å². The van der Waals surface area contributed by atoms with Crippen molar-refractivity contribution in [1.29, 1.82) is 0 Å². The molecule has 2 aliphatic rings. The fourth-order valence-electron chi connectivity index (χ4n) is 3.44. The number of carbonyl (C=O) groups is 1. The zero-order valence-corrected chi connectivity index (χ0v) is 13.1. The van der Waals surface area contributed by atoms with Gasteiger partial charge in [-0.25, -0.2) is 0 Å². The Morgan fingerprint density at radius 3 is 2.48 bits per heavy atom. The van der Waals surface area contributed by atoms with Gasteiger partial charge in [0, 0.05) is 13.1 Å². The molecule has 1 saturated carbocycles. The predicted molar refractivity (Wildman–Crippen MR) is 81.0 cm³/mol. The van der Waals surface area contributed by atoms with Crippen LogP contribution in [0.1, 0.15) is 36.8 Å². The molecule has 1 aliphatic carbocycles. The molecule has 0 unspecified atom stereocenters. The monoisotopic (exact) mass is 326 g/mol. The molecule has 0 atom stereocenters. The van der Waals surface area contributed by atoms with Crippen LogP contribution in [0, 0.1) is 0 Å². The molecule has 1 heterocycles. The van der Waals surface area contributed by atoms with Gasteiger partial charge in [-0.15, -0.1) is 0 Å². The van der Waals surface area contributed by atoms with Gasteiger partial charge in [0.05, 0.1) is 11.0 Å². The number of hydrogen-bond donors (Lipinski definition) is 1. The molecule has 1 aliphatic heterocycles. The van der Waals surface area contributed by atoms with Crippen LogP contribution >= 0.6 is 0 Å². The highest BCUT2D eigenvalue weighted by Gasteiger charge is 2.53. The van der Waals surface area contributed by atoms with E-state index in [4.69, 9.17) is 0 Å². The average molecular weight is 326 g/mol. The number of halogens is 3. The molecule has 126 valence electrons. The van der Waals surface area contributed by atoms with E-state index in [-0.39, 0.29) is 11.9 Å². The highest BCUT2D eigenvalue weighted by Crippen LogP contribution is 2.50. The summed E-state index contributed by atoms with van der Waals surface area (Å²) in [6.07, 6.45) is -1.34. The second-order valence-electron chi connectivity index (χ2n) is 6.56. The second-order valence-corrected chi connectivity index (χ2v) is 6.56. The quantitative estimate of drug-likeness (QED) is 0.926. The van der Waals surface area contributed by atoms with Crippen molar-refractivity contribution in [2.45, 2.75) is 43.3 Å². The van der Waals surface area contributed by atoms with Crippen molar-refractivity contribution in [1.82, 2.24) is 10.2 Å². The number of likely N-dealkylation sites (N-methyl/N-ethyl adjacent to an activating group) is 1. The van der Waals surface area contributed by atoms with Gasteiger partial charge in [-0.3, -0.25) is 4.79 Å². The molecule has 3 rings (SSSR count). The molecule has 0 radical (unpaired) electrons. The minimum absolute atomic E-state index is 0.0382. The van der Waals surface area contributed by atoms with Gasteiger partial charge < -0.3 is 10.2 Å². The Morgan fingerprint density at radius 1 is 1.26 bits per heavy atom. The first-order chi connectivity index (χ1) is 10.8. The van der Waals surface area contributed by atoms with Crippen molar-refractivity contribution < 1.29 is 18.0 Å². The standard InChI is InChI=1S/C17H21F3N2O/c1-22(14-5-9-21-10-6-14)15(23)16(7-8-16)12-3-2-4-13(11-12)17(18,19)20/h2-4,11,14,21H,5-10H2,1H3. The van der Waals surface area contributed by atoms with Gasteiger partial charge in [-0.05, 0) is 50.4 Å².